The molecule has 1 heterocycles. The van der Waals surface area contributed by atoms with Crippen molar-refractivity contribution < 1.29 is 19.2 Å². The molecule has 1 N–H and O–H groups in total. The van der Waals surface area contributed by atoms with Crippen molar-refractivity contribution in [2.24, 2.45) is 0 Å². The molecule has 0 aliphatic carbocycles. The SMILES string of the molecule is CNc1ccc([N+](=O)[O-])cc1C(=O)N1CCN(C(=O)Cc2cccc(OC)c2)CC1. The number of nitro groups is 1. The standard InChI is InChI=1S/C21H24N4O5/c1-22-19-7-6-16(25(28)29)14-18(19)21(27)24-10-8-23(9-11-24)20(26)13-15-4-3-5-17(12-15)30-2/h3-7,12,14,22H,8-11,13H2,1-2H3. The Balaban J connectivity index is 1.63. The Labute approximate surface area is 174 Å². The van der Waals surface area contributed by atoms with Gasteiger partial charge in [0.05, 0.1) is 24.0 Å². The van der Waals surface area contributed by atoms with Crippen LogP contribution < -0.4 is 10.1 Å². The quantitative estimate of drug-likeness (QED) is 0.576. The summed E-state index contributed by atoms with van der Waals surface area (Å²) in [6.07, 6.45) is 0.264. The van der Waals surface area contributed by atoms with Crippen LogP contribution in [0.1, 0.15) is 15.9 Å². The van der Waals surface area contributed by atoms with E-state index >= 15 is 0 Å². The topological polar surface area (TPSA) is 105 Å². The van der Waals surface area contributed by atoms with Gasteiger partial charge in [0.15, 0.2) is 0 Å². The number of carbonyl (C=O) groups is 2. The molecule has 0 bridgehead atoms. The molecule has 9 nitrogen and oxygen atoms in total. The first kappa shape index (κ1) is 21.1. The highest BCUT2D eigenvalue weighted by Gasteiger charge is 2.27. The van der Waals surface area contributed by atoms with Crippen LogP contribution in [-0.2, 0) is 11.2 Å². The number of benzene rings is 2. The molecule has 2 aromatic carbocycles. The first-order valence-corrected chi connectivity index (χ1v) is 9.59. The van der Waals surface area contributed by atoms with Gasteiger partial charge in [-0.2, -0.15) is 0 Å². The number of anilines is 1. The number of hydrogen-bond donors (Lipinski definition) is 1. The average molecular weight is 412 g/mol. The summed E-state index contributed by atoms with van der Waals surface area (Å²) in [5.74, 6) is 0.401. The van der Waals surface area contributed by atoms with Crippen molar-refractivity contribution in [2.75, 3.05) is 45.7 Å². The molecule has 9 heteroatoms. The molecule has 0 radical (unpaired) electrons. The van der Waals surface area contributed by atoms with Crippen LogP contribution >= 0.6 is 0 Å². The molecule has 2 aromatic rings. The van der Waals surface area contributed by atoms with Crippen LogP contribution in [0.4, 0.5) is 11.4 Å². The number of rotatable bonds is 6. The maximum atomic E-state index is 12.9. The van der Waals surface area contributed by atoms with E-state index < -0.39 is 4.92 Å². The van der Waals surface area contributed by atoms with Crippen molar-refractivity contribution in [2.45, 2.75) is 6.42 Å². The average Bonchev–Trinajstić information content (AvgIpc) is 2.78. The number of nitro benzene ring substituents is 1. The van der Waals surface area contributed by atoms with Crippen molar-refractivity contribution in [3.8, 4) is 5.75 Å². The second-order valence-corrected chi connectivity index (χ2v) is 6.94. The Kier molecular flexibility index (Phi) is 6.51. The number of hydrogen-bond acceptors (Lipinski definition) is 6. The highest BCUT2D eigenvalue weighted by molar-refractivity contribution is 6.00. The Hall–Kier alpha value is -3.62. The molecule has 0 atom stereocenters. The van der Waals surface area contributed by atoms with Gasteiger partial charge in [-0.1, -0.05) is 12.1 Å². The van der Waals surface area contributed by atoms with E-state index in [4.69, 9.17) is 4.74 Å². The van der Waals surface area contributed by atoms with Crippen LogP contribution in [0.3, 0.4) is 0 Å². The molecule has 30 heavy (non-hydrogen) atoms. The molecule has 0 spiro atoms. The zero-order chi connectivity index (χ0) is 21.7. The summed E-state index contributed by atoms with van der Waals surface area (Å²) < 4.78 is 5.19. The van der Waals surface area contributed by atoms with Gasteiger partial charge in [0.1, 0.15) is 5.75 Å². The number of amides is 2. The van der Waals surface area contributed by atoms with Crippen LogP contribution in [0.25, 0.3) is 0 Å². The molecule has 2 amide bonds. The number of ether oxygens (including phenoxy) is 1. The highest BCUT2D eigenvalue weighted by atomic mass is 16.6. The number of non-ortho nitro benzene ring substituents is 1. The predicted molar refractivity (Wildman–Crippen MR) is 112 cm³/mol. The highest BCUT2D eigenvalue weighted by Crippen LogP contribution is 2.24. The second kappa shape index (κ2) is 9.25. The van der Waals surface area contributed by atoms with Gasteiger partial charge in [-0.05, 0) is 23.8 Å². The summed E-state index contributed by atoms with van der Waals surface area (Å²) in [5, 5.41) is 14.0. The van der Waals surface area contributed by atoms with Crippen LogP contribution in [-0.4, -0.2) is 66.9 Å². The van der Waals surface area contributed by atoms with Crippen LogP contribution in [0, 0.1) is 10.1 Å². The van der Waals surface area contributed by atoms with Gasteiger partial charge in [-0.15, -0.1) is 0 Å². The Bertz CT molecular complexity index is 954. The Morgan fingerprint density at radius 3 is 2.43 bits per heavy atom. The third-order valence-corrected chi connectivity index (χ3v) is 5.12. The normalized spacial score (nSPS) is 13.7. The van der Waals surface area contributed by atoms with E-state index in [1.165, 1.54) is 18.2 Å². The fourth-order valence-corrected chi connectivity index (χ4v) is 3.44. The molecule has 0 saturated carbocycles. The van der Waals surface area contributed by atoms with Gasteiger partial charge in [-0.25, -0.2) is 0 Å². The molecule has 1 aliphatic rings. The summed E-state index contributed by atoms with van der Waals surface area (Å²) in [4.78, 5) is 39.5. The minimum atomic E-state index is -0.522. The van der Waals surface area contributed by atoms with E-state index in [9.17, 15) is 19.7 Å². The first-order valence-electron chi connectivity index (χ1n) is 9.59. The molecular weight excluding hydrogens is 388 g/mol. The zero-order valence-electron chi connectivity index (χ0n) is 17.0. The van der Waals surface area contributed by atoms with Gasteiger partial charge in [-0.3, -0.25) is 19.7 Å². The summed E-state index contributed by atoms with van der Waals surface area (Å²) in [7, 11) is 3.24. The maximum absolute atomic E-state index is 12.9. The summed E-state index contributed by atoms with van der Waals surface area (Å²) in [6.45, 7) is 1.57. The number of nitrogens with one attached hydrogen (secondary N) is 1. The van der Waals surface area contributed by atoms with Crippen molar-refractivity contribution in [3.63, 3.8) is 0 Å². The smallest absolute Gasteiger partial charge is 0.270 e. The molecule has 3 rings (SSSR count). The van der Waals surface area contributed by atoms with E-state index in [0.717, 1.165) is 5.56 Å². The van der Waals surface area contributed by atoms with Crippen molar-refractivity contribution in [3.05, 3.63) is 63.7 Å². The van der Waals surface area contributed by atoms with E-state index in [-0.39, 0.29) is 29.5 Å². The lowest BCUT2D eigenvalue weighted by molar-refractivity contribution is -0.384. The molecule has 1 aliphatic heterocycles. The fraction of sp³-hybridized carbons (Fsp3) is 0.333. The Morgan fingerprint density at radius 1 is 1.10 bits per heavy atom. The van der Waals surface area contributed by atoms with Gasteiger partial charge in [0.2, 0.25) is 5.91 Å². The third-order valence-electron chi connectivity index (χ3n) is 5.12. The lowest BCUT2D eigenvalue weighted by Crippen LogP contribution is -2.51. The van der Waals surface area contributed by atoms with Crippen LogP contribution in [0.2, 0.25) is 0 Å². The molecule has 158 valence electrons. The summed E-state index contributed by atoms with van der Waals surface area (Å²) in [6, 6.07) is 11.6. The van der Waals surface area contributed by atoms with E-state index in [2.05, 4.69) is 5.32 Å². The van der Waals surface area contributed by atoms with Crippen LogP contribution in [0.5, 0.6) is 5.75 Å². The minimum absolute atomic E-state index is 0.0124. The molecule has 0 aromatic heterocycles. The second-order valence-electron chi connectivity index (χ2n) is 6.94. The number of methoxy groups -OCH3 is 1. The fourth-order valence-electron chi connectivity index (χ4n) is 3.44. The van der Waals surface area contributed by atoms with E-state index in [1.807, 2.05) is 24.3 Å². The summed E-state index contributed by atoms with van der Waals surface area (Å²) >= 11 is 0. The molecular formula is C21H24N4O5. The lowest BCUT2D eigenvalue weighted by Gasteiger charge is -2.35. The third kappa shape index (κ3) is 4.68. The molecule has 0 unspecified atom stereocenters. The summed E-state index contributed by atoms with van der Waals surface area (Å²) in [5.41, 5.74) is 1.52. The van der Waals surface area contributed by atoms with Crippen molar-refractivity contribution in [1.82, 2.24) is 9.80 Å². The Morgan fingerprint density at radius 2 is 1.80 bits per heavy atom. The van der Waals surface area contributed by atoms with Crippen molar-refractivity contribution in [1.29, 1.82) is 0 Å². The van der Waals surface area contributed by atoms with E-state index in [0.29, 0.717) is 37.6 Å². The van der Waals surface area contributed by atoms with Crippen molar-refractivity contribution >= 4 is 23.2 Å². The minimum Gasteiger partial charge on any atom is -0.497 e. The van der Waals surface area contributed by atoms with Crippen LogP contribution in [0.15, 0.2) is 42.5 Å². The predicted octanol–water partition coefficient (Wildman–Crippen LogP) is 2.17. The number of piperazine rings is 1. The van der Waals surface area contributed by atoms with Gasteiger partial charge < -0.3 is 19.9 Å². The number of nitrogens with zero attached hydrogens (tertiary/aromatic N) is 3. The zero-order valence-corrected chi connectivity index (χ0v) is 17.0. The van der Waals surface area contributed by atoms with Gasteiger partial charge in [0.25, 0.3) is 11.6 Å². The first-order chi connectivity index (χ1) is 14.4. The molecule has 1 fully saturated rings. The maximum Gasteiger partial charge on any atom is 0.270 e. The van der Waals surface area contributed by atoms with Gasteiger partial charge >= 0.3 is 0 Å². The number of carbonyl (C=O) groups excluding carboxylic acids is 2. The largest absolute Gasteiger partial charge is 0.497 e. The molecule has 1 saturated heterocycles. The van der Waals surface area contributed by atoms with E-state index in [1.54, 1.807) is 24.0 Å². The van der Waals surface area contributed by atoms with Gasteiger partial charge in [0, 0.05) is 51.0 Å². The lowest BCUT2D eigenvalue weighted by atomic mass is 10.1. The monoisotopic (exact) mass is 412 g/mol.